The van der Waals surface area contributed by atoms with Crippen molar-refractivity contribution in [2.45, 2.75) is 82.3 Å². The Morgan fingerprint density at radius 1 is 1.06 bits per heavy atom. The first kappa shape index (κ1) is 26.8. The van der Waals surface area contributed by atoms with Crippen molar-refractivity contribution in [3.05, 3.63) is 0 Å². The monoisotopic (exact) mass is 451 g/mol. The molecule has 0 aromatic carbocycles. The van der Waals surface area contributed by atoms with Crippen LogP contribution in [0.1, 0.15) is 40.0 Å². The van der Waals surface area contributed by atoms with Gasteiger partial charge in [-0.05, 0) is 40.0 Å². The van der Waals surface area contributed by atoms with E-state index in [4.69, 9.17) is 14.6 Å². The van der Waals surface area contributed by atoms with Gasteiger partial charge in [0.15, 0.2) is 6.23 Å². The van der Waals surface area contributed by atoms with Crippen LogP contribution in [0.2, 0.25) is 0 Å². The highest BCUT2D eigenvalue weighted by Gasteiger charge is 2.43. The summed E-state index contributed by atoms with van der Waals surface area (Å²) in [4.78, 5) is 34.9. The van der Waals surface area contributed by atoms with Crippen LogP contribution in [0.4, 0.5) is 9.59 Å². The Balaban J connectivity index is 2.35. The van der Waals surface area contributed by atoms with Crippen LogP contribution in [-0.4, -0.2) is 99.1 Å². The molecule has 1 heterocycles. The number of nitrogens with one attached hydrogen (secondary N) is 3. The second-order valence-electron chi connectivity index (χ2n) is 8.18. The molecule has 0 unspecified atom stereocenters. The van der Waals surface area contributed by atoms with Crippen LogP contribution in [0.25, 0.3) is 0 Å². The Bertz CT molecular complexity index is 610. The summed E-state index contributed by atoms with van der Waals surface area (Å²) in [5.74, 6) is -1.21. The van der Waals surface area contributed by atoms with E-state index in [1.54, 1.807) is 20.8 Å². The maximum atomic E-state index is 11.9. The molecule has 6 atom stereocenters. The van der Waals surface area contributed by atoms with Crippen molar-refractivity contribution < 1.29 is 49.4 Å². The van der Waals surface area contributed by atoms with Crippen molar-refractivity contribution in [1.29, 1.82) is 0 Å². The van der Waals surface area contributed by atoms with E-state index in [0.717, 1.165) is 0 Å². The van der Waals surface area contributed by atoms with E-state index in [9.17, 15) is 34.8 Å². The fraction of sp³-hybridized carbons (Fsp3) is 0.833. The summed E-state index contributed by atoms with van der Waals surface area (Å²) in [5, 5.41) is 54.7. The number of carbonyl (C=O) groups excluding carboxylic acids is 2. The third-order valence-electron chi connectivity index (χ3n) is 4.36. The highest BCUT2D eigenvalue weighted by Crippen LogP contribution is 2.19. The van der Waals surface area contributed by atoms with Gasteiger partial charge in [0.1, 0.15) is 36.1 Å². The molecule has 0 spiro atoms. The second kappa shape index (κ2) is 12.0. The highest BCUT2D eigenvalue weighted by molar-refractivity contribution is 5.80. The largest absolute Gasteiger partial charge is 0.480 e. The normalized spacial score (nSPS) is 27.1. The fourth-order valence-corrected chi connectivity index (χ4v) is 2.78. The zero-order chi connectivity index (χ0) is 23.8. The maximum absolute atomic E-state index is 11.9. The van der Waals surface area contributed by atoms with Gasteiger partial charge in [-0.1, -0.05) is 0 Å². The third kappa shape index (κ3) is 9.23. The van der Waals surface area contributed by atoms with Crippen LogP contribution < -0.4 is 16.0 Å². The van der Waals surface area contributed by atoms with Crippen molar-refractivity contribution >= 4 is 18.1 Å². The molecule has 13 nitrogen and oxygen atoms in total. The molecule has 1 saturated heterocycles. The number of aliphatic hydroxyl groups excluding tert-OH is 4. The number of carboxylic acid groups (broad SMARTS) is 1. The van der Waals surface area contributed by atoms with E-state index in [1.165, 1.54) is 0 Å². The van der Waals surface area contributed by atoms with E-state index in [1.807, 2.05) is 0 Å². The minimum atomic E-state index is -1.61. The van der Waals surface area contributed by atoms with Crippen LogP contribution in [-0.2, 0) is 14.3 Å². The molecule has 1 fully saturated rings. The molecule has 0 saturated carbocycles. The number of aliphatic carboxylic acids is 1. The Morgan fingerprint density at radius 3 is 2.26 bits per heavy atom. The summed E-state index contributed by atoms with van der Waals surface area (Å²) in [6.07, 6.45) is -7.19. The molecular weight excluding hydrogens is 418 g/mol. The third-order valence-corrected chi connectivity index (χ3v) is 4.36. The lowest BCUT2D eigenvalue weighted by atomic mass is 9.98. The Morgan fingerprint density at radius 2 is 1.71 bits per heavy atom. The molecule has 0 bridgehead atoms. The van der Waals surface area contributed by atoms with Gasteiger partial charge >= 0.3 is 18.1 Å². The van der Waals surface area contributed by atoms with Crippen molar-refractivity contribution in [2.24, 2.45) is 0 Å². The number of aliphatic hydroxyl groups is 4. The van der Waals surface area contributed by atoms with Crippen molar-refractivity contribution in [3.63, 3.8) is 0 Å². The van der Waals surface area contributed by atoms with Crippen LogP contribution in [0.15, 0.2) is 0 Å². The molecule has 0 aliphatic carbocycles. The molecular formula is C18H33N3O10. The van der Waals surface area contributed by atoms with Gasteiger partial charge in [0, 0.05) is 6.54 Å². The van der Waals surface area contributed by atoms with Crippen LogP contribution in [0.5, 0.6) is 0 Å². The first-order chi connectivity index (χ1) is 14.4. The van der Waals surface area contributed by atoms with E-state index in [-0.39, 0.29) is 13.0 Å². The Labute approximate surface area is 179 Å². The SMILES string of the molecule is CC(C)(C)OC(=O)N[C@@H](CCCCNC(=O)N[C@@H]1O[C@H](CO)[C@@H](O)[C@H](O)[C@H]1O)C(=O)O. The molecule has 31 heavy (non-hydrogen) atoms. The summed E-state index contributed by atoms with van der Waals surface area (Å²) in [5.41, 5.74) is -0.759. The number of amides is 3. The minimum Gasteiger partial charge on any atom is -0.480 e. The Kier molecular flexibility index (Phi) is 10.4. The topological polar surface area (TPSA) is 207 Å². The van der Waals surface area contributed by atoms with Crippen molar-refractivity contribution in [1.82, 2.24) is 16.0 Å². The summed E-state index contributed by atoms with van der Waals surface area (Å²) in [6.45, 7) is 4.50. The van der Waals surface area contributed by atoms with E-state index in [0.29, 0.717) is 12.8 Å². The number of unbranched alkanes of at least 4 members (excludes halogenated alkanes) is 1. The molecule has 0 aromatic rings. The number of urea groups is 1. The lowest BCUT2D eigenvalue weighted by Crippen LogP contribution is -2.64. The summed E-state index contributed by atoms with van der Waals surface area (Å²) < 4.78 is 10.2. The standard InChI is InChI=1S/C18H33N3O10/c1-18(2,3)31-17(29)20-9(15(26)27)6-4-5-7-19-16(28)21-14-13(25)12(24)11(23)10(8-22)30-14/h9-14,22-25H,4-8H2,1-3H3,(H,20,29)(H,26,27)(H2,19,21,28)/t9-,10+,11+,12-,13+,14+/m0/s1. The van der Waals surface area contributed by atoms with Gasteiger partial charge in [0.25, 0.3) is 0 Å². The maximum Gasteiger partial charge on any atom is 0.408 e. The van der Waals surface area contributed by atoms with Crippen LogP contribution >= 0.6 is 0 Å². The first-order valence-corrected chi connectivity index (χ1v) is 9.93. The summed E-state index contributed by atoms with van der Waals surface area (Å²) in [6, 6.07) is -1.87. The lowest BCUT2D eigenvalue weighted by Gasteiger charge is -2.40. The van der Waals surface area contributed by atoms with Gasteiger partial charge in [0.2, 0.25) is 0 Å². The van der Waals surface area contributed by atoms with Gasteiger partial charge in [-0.3, -0.25) is 0 Å². The molecule has 0 aromatic heterocycles. The lowest BCUT2D eigenvalue weighted by molar-refractivity contribution is -0.233. The molecule has 13 heteroatoms. The zero-order valence-electron chi connectivity index (χ0n) is 17.8. The van der Waals surface area contributed by atoms with Gasteiger partial charge in [-0.25, -0.2) is 14.4 Å². The average Bonchev–Trinajstić information content (AvgIpc) is 2.65. The average molecular weight is 451 g/mol. The molecule has 0 radical (unpaired) electrons. The predicted molar refractivity (Wildman–Crippen MR) is 105 cm³/mol. The molecule has 1 aliphatic rings. The van der Waals surface area contributed by atoms with E-state index < -0.39 is 67.0 Å². The molecule has 180 valence electrons. The number of carbonyl (C=O) groups is 3. The van der Waals surface area contributed by atoms with Crippen molar-refractivity contribution in [3.8, 4) is 0 Å². The van der Waals surface area contributed by atoms with Gasteiger partial charge in [-0.15, -0.1) is 0 Å². The molecule has 3 amide bonds. The van der Waals surface area contributed by atoms with Gasteiger partial charge < -0.3 is 51.0 Å². The Hall–Kier alpha value is -2.19. The minimum absolute atomic E-state index is 0.116. The van der Waals surface area contributed by atoms with Crippen LogP contribution in [0.3, 0.4) is 0 Å². The highest BCUT2D eigenvalue weighted by atomic mass is 16.6. The van der Waals surface area contributed by atoms with Crippen molar-refractivity contribution in [2.75, 3.05) is 13.2 Å². The fourth-order valence-electron chi connectivity index (χ4n) is 2.78. The molecule has 8 N–H and O–H groups in total. The zero-order valence-corrected chi connectivity index (χ0v) is 17.8. The number of hydrogen-bond donors (Lipinski definition) is 8. The summed E-state index contributed by atoms with van der Waals surface area (Å²) in [7, 11) is 0. The second-order valence-corrected chi connectivity index (χ2v) is 8.18. The van der Waals surface area contributed by atoms with Gasteiger partial charge in [0.05, 0.1) is 6.61 Å². The van der Waals surface area contributed by atoms with E-state index >= 15 is 0 Å². The number of ether oxygens (including phenoxy) is 2. The summed E-state index contributed by atoms with van der Waals surface area (Å²) >= 11 is 0. The van der Waals surface area contributed by atoms with Gasteiger partial charge in [-0.2, -0.15) is 0 Å². The smallest absolute Gasteiger partial charge is 0.408 e. The molecule has 1 aliphatic heterocycles. The number of rotatable bonds is 9. The van der Waals surface area contributed by atoms with Crippen LogP contribution in [0, 0.1) is 0 Å². The first-order valence-electron chi connectivity index (χ1n) is 9.93. The number of hydrogen-bond acceptors (Lipinski definition) is 9. The number of carboxylic acids is 1. The molecule has 1 rings (SSSR count). The predicted octanol–water partition coefficient (Wildman–Crippen LogP) is -1.77. The van der Waals surface area contributed by atoms with E-state index in [2.05, 4.69) is 16.0 Å². The number of alkyl carbamates (subject to hydrolysis) is 1. The quantitative estimate of drug-likeness (QED) is 0.185.